The lowest BCUT2D eigenvalue weighted by Crippen LogP contribution is -2.48. The van der Waals surface area contributed by atoms with E-state index in [1.54, 1.807) is 6.92 Å². The molecule has 0 radical (unpaired) electrons. The summed E-state index contributed by atoms with van der Waals surface area (Å²) >= 11 is 0. The zero-order valence-corrected chi connectivity index (χ0v) is 15.8. The number of aryl methyl sites for hydroxylation is 2. The van der Waals surface area contributed by atoms with Crippen LogP contribution in [-0.2, 0) is 0 Å². The molecule has 0 unspecified atom stereocenters. The second-order valence-electron chi connectivity index (χ2n) is 7.09. The fourth-order valence-corrected chi connectivity index (χ4v) is 3.28. The highest BCUT2D eigenvalue weighted by Crippen LogP contribution is 2.18. The van der Waals surface area contributed by atoms with Gasteiger partial charge < -0.3 is 4.90 Å². The monoisotopic (exact) mass is 350 g/mol. The molecule has 136 valence electrons. The minimum absolute atomic E-state index is 0.0891. The molecule has 4 heteroatoms. The third-order valence-electron chi connectivity index (χ3n) is 5.21. The molecular formula is C22H26N2O2. The SMILES string of the molecule is CC(=O)c1ccc(N2CCN(CC(=O)c3ccc(C)c(C)c3)CC2)cc1. The lowest BCUT2D eigenvalue weighted by Gasteiger charge is -2.35. The van der Waals surface area contributed by atoms with Crippen LogP contribution in [0.3, 0.4) is 0 Å². The topological polar surface area (TPSA) is 40.6 Å². The normalized spacial score (nSPS) is 15.1. The van der Waals surface area contributed by atoms with Crippen molar-refractivity contribution in [3.05, 3.63) is 64.7 Å². The molecule has 0 spiro atoms. The average molecular weight is 350 g/mol. The molecular weight excluding hydrogens is 324 g/mol. The van der Waals surface area contributed by atoms with E-state index in [0.29, 0.717) is 6.54 Å². The number of benzene rings is 2. The lowest BCUT2D eigenvalue weighted by atomic mass is 10.0. The minimum atomic E-state index is 0.0891. The first-order chi connectivity index (χ1) is 12.4. The predicted octanol–water partition coefficient (Wildman–Crippen LogP) is 3.51. The number of nitrogens with zero attached hydrogens (tertiary/aromatic N) is 2. The molecule has 1 fully saturated rings. The van der Waals surface area contributed by atoms with Crippen LogP contribution in [-0.4, -0.2) is 49.2 Å². The van der Waals surface area contributed by atoms with Gasteiger partial charge in [0.15, 0.2) is 11.6 Å². The number of hydrogen-bond acceptors (Lipinski definition) is 4. The summed E-state index contributed by atoms with van der Waals surface area (Å²) in [6, 6.07) is 13.7. The second kappa shape index (κ2) is 7.83. The third kappa shape index (κ3) is 4.20. The molecule has 0 saturated carbocycles. The molecule has 1 heterocycles. The molecule has 1 aliphatic rings. The van der Waals surface area contributed by atoms with Crippen molar-refractivity contribution in [2.45, 2.75) is 20.8 Å². The number of Topliss-reactive ketones (excluding diaryl/α,β-unsaturated/α-hetero) is 2. The zero-order valence-electron chi connectivity index (χ0n) is 15.8. The highest BCUT2D eigenvalue weighted by molar-refractivity contribution is 5.98. The number of rotatable bonds is 5. The molecule has 0 N–H and O–H groups in total. The van der Waals surface area contributed by atoms with Gasteiger partial charge in [0.2, 0.25) is 0 Å². The van der Waals surface area contributed by atoms with Gasteiger partial charge in [-0.05, 0) is 62.2 Å². The average Bonchev–Trinajstić information content (AvgIpc) is 2.64. The van der Waals surface area contributed by atoms with Crippen molar-refractivity contribution in [3.8, 4) is 0 Å². The highest BCUT2D eigenvalue weighted by atomic mass is 16.1. The van der Waals surface area contributed by atoms with Gasteiger partial charge in [-0.15, -0.1) is 0 Å². The van der Waals surface area contributed by atoms with E-state index in [-0.39, 0.29) is 11.6 Å². The Morgan fingerprint density at radius 1 is 0.846 bits per heavy atom. The molecule has 0 amide bonds. The molecule has 2 aromatic carbocycles. The quantitative estimate of drug-likeness (QED) is 0.774. The van der Waals surface area contributed by atoms with Gasteiger partial charge in [-0.2, -0.15) is 0 Å². The van der Waals surface area contributed by atoms with Gasteiger partial charge >= 0.3 is 0 Å². The van der Waals surface area contributed by atoms with Crippen molar-refractivity contribution in [1.82, 2.24) is 4.90 Å². The Morgan fingerprint density at radius 2 is 1.46 bits per heavy atom. The van der Waals surface area contributed by atoms with Gasteiger partial charge in [-0.1, -0.05) is 12.1 Å². The van der Waals surface area contributed by atoms with E-state index in [1.807, 2.05) is 49.4 Å². The van der Waals surface area contributed by atoms with Crippen molar-refractivity contribution in [2.75, 3.05) is 37.6 Å². The highest BCUT2D eigenvalue weighted by Gasteiger charge is 2.20. The van der Waals surface area contributed by atoms with Crippen LogP contribution in [0, 0.1) is 13.8 Å². The summed E-state index contributed by atoms with van der Waals surface area (Å²) < 4.78 is 0. The van der Waals surface area contributed by atoms with Crippen LogP contribution in [0.1, 0.15) is 38.8 Å². The van der Waals surface area contributed by atoms with Crippen LogP contribution in [0.5, 0.6) is 0 Å². The van der Waals surface area contributed by atoms with Crippen LogP contribution < -0.4 is 4.90 Å². The van der Waals surface area contributed by atoms with Crippen molar-refractivity contribution < 1.29 is 9.59 Å². The number of carbonyl (C=O) groups is 2. The summed E-state index contributed by atoms with van der Waals surface area (Å²) in [5, 5.41) is 0. The summed E-state index contributed by atoms with van der Waals surface area (Å²) in [6.07, 6.45) is 0. The molecule has 4 nitrogen and oxygen atoms in total. The Labute approximate surface area is 155 Å². The molecule has 26 heavy (non-hydrogen) atoms. The van der Waals surface area contributed by atoms with Gasteiger partial charge in [0, 0.05) is 43.0 Å². The molecule has 1 aliphatic heterocycles. The Morgan fingerprint density at radius 3 is 2.04 bits per heavy atom. The van der Waals surface area contributed by atoms with Gasteiger partial charge in [0.1, 0.15) is 0 Å². The van der Waals surface area contributed by atoms with Crippen LogP contribution >= 0.6 is 0 Å². The fourth-order valence-electron chi connectivity index (χ4n) is 3.28. The Kier molecular flexibility index (Phi) is 5.52. The number of hydrogen-bond donors (Lipinski definition) is 0. The first kappa shape index (κ1) is 18.3. The van der Waals surface area contributed by atoms with E-state index in [1.165, 1.54) is 5.56 Å². The maximum atomic E-state index is 12.5. The Bertz CT molecular complexity index is 803. The standard InChI is InChI=1S/C22H26N2O2/c1-16-4-5-20(14-17(16)2)22(26)15-23-10-12-24(13-11-23)21-8-6-19(7-9-21)18(3)25/h4-9,14H,10-13,15H2,1-3H3. The first-order valence-electron chi connectivity index (χ1n) is 9.13. The van der Waals surface area contributed by atoms with E-state index in [9.17, 15) is 9.59 Å². The zero-order chi connectivity index (χ0) is 18.7. The second-order valence-corrected chi connectivity index (χ2v) is 7.09. The number of anilines is 1. The molecule has 0 atom stereocenters. The Hall–Kier alpha value is -2.46. The van der Waals surface area contributed by atoms with Crippen molar-refractivity contribution in [1.29, 1.82) is 0 Å². The van der Waals surface area contributed by atoms with Gasteiger partial charge in [0.05, 0.1) is 6.54 Å². The third-order valence-corrected chi connectivity index (χ3v) is 5.21. The molecule has 2 aromatic rings. The lowest BCUT2D eigenvalue weighted by molar-refractivity contribution is 0.0925. The number of ketones is 2. The van der Waals surface area contributed by atoms with Gasteiger partial charge in [-0.3, -0.25) is 14.5 Å². The van der Waals surface area contributed by atoms with Gasteiger partial charge in [-0.25, -0.2) is 0 Å². The van der Waals surface area contributed by atoms with Crippen molar-refractivity contribution >= 4 is 17.3 Å². The van der Waals surface area contributed by atoms with E-state index in [2.05, 4.69) is 16.7 Å². The van der Waals surface area contributed by atoms with Crippen molar-refractivity contribution in [2.24, 2.45) is 0 Å². The molecule has 0 aromatic heterocycles. The van der Waals surface area contributed by atoms with Crippen LogP contribution in [0.15, 0.2) is 42.5 Å². The maximum Gasteiger partial charge on any atom is 0.176 e. The smallest absolute Gasteiger partial charge is 0.176 e. The van der Waals surface area contributed by atoms with Gasteiger partial charge in [0.25, 0.3) is 0 Å². The van der Waals surface area contributed by atoms with E-state index in [0.717, 1.165) is 48.6 Å². The Balaban J connectivity index is 1.55. The maximum absolute atomic E-state index is 12.5. The fraction of sp³-hybridized carbons (Fsp3) is 0.364. The van der Waals surface area contributed by atoms with Crippen molar-refractivity contribution in [3.63, 3.8) is 0 Å². The first-order valence-corrected chi connectivity index (χ1v) is 9.13. The van der Waals surface area contributed by atoms with Crippen LogP contribution in [0.25, 0.3) is 0 Å². The summed E-state index contributed by atoms with van der Waals surface area (Å²) in [4.78, 5) is 28.5. The summed E-state index contributed by atoms with van der Waals surface area (Å²) in [5.74, 6) is 0.276. The largest absolute Gasteiger partial charge is 0.369 e. The summed E-state index contributed by atoms with van der Waals surface area (Å²) in [6.45, 7) is 9.67. The summed E-state index contributed by atoms with van der Waals surface area (Å²) in [5.41, 5.74) is 5.05. The molecule has 3 rings (SSSR count). The number of piperazine rings is 1. The van der Waals surface area contributed by atoms with E-state index < -0.39 is 0 Å². The predicted molar refractivity (Wildman–Crippen MR) is 105 cm³/mol. The molecule has 0 bridgehead atoms. The molecule has 0 aliphatic carbocycles. The van der Waals surface area contributed by atoms with E-state index in [4.69, 9.17) is 0 Å². The van der Waals surface area contributed by atoms with Crippen LogP contribution in [0.4, 0.5) is 5.69 Å². The summed E-state index contributed by atoms with van der Waals surface area (Å²) in [7, 11) is 0. The molecule has 1 saturated heterocycles. The minimum Gasteiger partial charge on any atom is -0.369 e. The van der Waals surface area contributed by atoms with E-state index >= 15 is 0 Å². The van der Waals surface area contributed by atoms with Crippen LogP contribution in [0.2, 0.25) is 0 Å². The number of carbonyl (C=O) groups excluding carboxylic acids is 2.